The van der Waals surface area contributed by atoms with Crippen LogP contribution in [0.25, 0.3) is 33.6 Å². The van der Waals surface area contributed by atoms with Gasteiger partial charge in [0.2, 0.25) is 0 Å². The molecule has 2 fully saturated rings. The Bertz CT molecular complexity index is 1790. The van der Waals surface area contributed by atoms with Crippen molar-refractivity contribution in [1.29, 1.82) is 0 Å². The van der Waals surface area contributed by atoms with Crippen LogP contribution in [0.5, 0.6) is 0 Å². The van der Waals surface area contributed by atoms with Crippen LogP contribution in [-0.2, 0) is 41.8 Å². The smallest absolute Gasteiger partial charge is 0.407 e. The van der Waals surface area contributed by atoms with Crippen molar-refractivity contribution < 1.29 is 38.3 Å². The Hall–Kier alpha value is -5.74. The van der Waals surface area contributed by atoms with E-state index in [1.807, 2.05) is 62.4 Å². The first kappa shape index (κ1) is 38.0. The predicted octanol–water partition coefficient (Wildman–Crippen LogP) is 5.25. The predicted molar refractivity (Wildman–Crippen MR) is 196 cm³/mol. The zero-order chi connectivity index (χ0) is 38.3. The molecule has 2 aromatic carbocycles. The van der Waals surface area contributed by atoms with E-state index in [0.29, 0.717) is 11.6 Å². The first-order valence-corrected chi connectivity index (χ1v) is 17.9. The van der Waals surface area contributed by atoms with Crippen LogP contribution in [0.2, 0.25) is 0 Å². The summed E-state index contributed by atoms with van der Waals surface area (Å²) in [6.45, 7) is 3.55. The number of hydrogen-bond donors (Lipinski definition) is 4. The van der Waals surface area contributed by atoms with Gasteiger partial charge in [-0.1, -0.05) is 48.5 Å². The van der Waals surface area contributed by atoms with Gasteiger partial charge in [0.25, 0.3) is 11.8 Å². The molecule has 0 saturated heterocycles. The topological polar surface area (TPSA) is 193 Å². The van der Waals surface area contributed by atoms with Crippen LogP contribution in [0, 0.1) is 0 Å². The number of aromatic nitrogens is 4. The van der Waals surface area contributed by atoms with Crippen LogP contribution < -0.4 is 10.6 Å². The molecule has 4 amide bonds. The van der Waals surface area contributed by atoms with Gasteiger partial charge in [-0.25, -0.2) is 29.7 Å². The van der Waals surface area contributed by atoms with E-state index in [1.165, 1.54) is 24.3 Å². The standard InChI is InChI=1S/C38H46N8O8/c1-37(15-5-16-37)53-45(33(47)21-41-35(49)51-3)23-31-39-19-29(43-31)27-11-7-25(8-12-27)26-9-13-28(14-10-26)30-20-40-32(44-30)24-46(54-38(2)17-6-18-38)34(48)22-42-36(50)52-4/h7-14,19-20H,5-6,15-18,21-24H2,1-4H3,(H,39,43)(H,40,44)(H,41,49)(H,42,50). The summed E-state index contributed by atoms with van der Waals surface area (Å²) < 4.78 is 9.16. The lowest BCUT2D eigenvalue weighted by molar-refractivity contribution is -0.260. The molecule has 54 heavy (non-hydrogen) atoms. The molecule has 2 aromatic heterocycles. The Morgan fingerprint density at radius 1 is 0.630 bits per heavy atom. The molecule has 16 heteroatoms. The van der Waals surface area contributed by atoms with Crippen molar-refractivity contribution in [2.45, 2.75) is 76.7 Å². The fourth-order valence-electron chi connectivity index (χ4n) is 6.16. The van der Waals surface area contributed by atoms with Gasteiger partial charge in [0, 0.05) is 0 Å². The molecule has 0 spiro atoms. The third-order valence-electron chi connectivity index (χ3n) is 9.75. The molecule has 4 aromatic rings. The van der Waals surface area contributed by atoms with E-state index < -0.39 is 35.2 Å². The molecular weight excluding hydrogens is 696 g/mol. The van der Waals surface area contributed by atoms with E-state index in [0.717, 1.165) is 72.2 Å². The first-order valence-electron chi connectivity index (χ1n) is 17.9. The number of alkyl carbamates (subject to hydrolysis) is 2. The molecule has 16 nitrogen and oxygen atoms in total. The number of benzene rings is 2. The number of ether oxygens (including phenoxy) is 2. The Labute approximate surface area is 312 Å². The zero-order valence-corrected chi connectivity index (χ0v) is 30.9. The molecular formula is C38H46N8O8. The number of carbonyl (C=O) groups is 4. The van der Waals surface area contributed by atoms with Crippen LogP contribution in [0.15, 0.2) is 60.9 Å². The molecule has 0 unspecified atom stereocenters. The summed E-state index contributed by atoms with van der Waals surface area (Å²) in [4.78, 5) is 76.7. The fourth-order valence-corrected chi connectivity index (χ4v) is 6.16. The lowest BCUT2D eigenvalue weighted by atomic mass is 9.82. The third-order valence-corrected chi connectivity index (χ3v) is 9.75. The quantitative estimate of drug-likeness (QED) is 0.117. The maximum absolute atomic E-state index is 12.9. The van der Waals surface area contributed by atoms with Crippen molar-refractivity contribution in [3.63, 3.8) is 0 Å². The van der Waals surface area contributed by atoms with Crippen molar-refractivity contribution in [2.75, 3.05) is 27.3 Å². The van der Waals surface area contributed by atoms with E-state index in [2.05, 4.69) is 40.0 Å². The van der Waals surface area contributed by atoms with Gasteiger partial charge in [0.15, 0.2) is 0 Å². The molecule has 4 N–H and O–H groups in total. The largest absolute Gasteiger partial charge is 0.453 e. The highest BCUT2D eigenvalue weighted by Crippen LogP contribution is 2.37. The van der Waals surface area contributed by atoms with E-state index in [9.17, 15) is 19.2 Å². The summed E-state index contributed by atoms with van der Waals surface area (Å²) in [5, 5.41) is 7.33. The van der Waals surface area contributed by atoms with Crippen LogP contribution in [0.3, 0.4) is 0 Å². The minimum atomic E-state index is -0.698. The number of nitrogens with zero attached hydrogens (tertiary/aromatic N) is 4. The zero-order valence-electron chi connectivity index (χ0n) is 30.9. The highest BCUT2D eigenvalue weighted by molar-refractivity contribution is 5.82. The number of aromatic amines is 2. The normalized spacial score (nSPS) is 15.3. The van der Waals surface area contributed by atoms with Crippen molar-refractivity contribution in [3.8, 4) is 33.6 Å². The summed E-state index contributed by atoms with van der Waals surface area (Å²) >= 11 is 0. The van der Waals surface area contributed by atoms with Gasteiger partial charge in [0.05, 0.1) is 49.2 Å². The maximum Gasteiger partial charge on any atom is 0.407 e. The molecule has 2 aliphatic rings. The van der Waals surface area contributed by atoms with Crippen LogP contribution >= 0.6 is 0 Å². The molecule has 2 heterocycles. The number of H-pyrrole nitrogens is 2. The average molecular weight is 743 g/mol. The van der Waals surface area contributed by atoms with Gasteiger partial charge in [-0.05, 0) is 74.6 Å². The average Bonchev–Trinajstić information content (AvgIpc) is 3.84. The van der Waals surface area contributed by atoms with Gasteiger partial charge in [-0.3, -0.25) is 19.3 Å². The summed E-state index contributed by atoms with van der Waals surface area (Å²) in [5.41, 5.74) is 4.55. The summed E-state index contributed by atoms with van der Waals surface area (Å²) in [7, 11) is 2.47. The number of amides is 4. The van der Waals surface area contributed by atoms with Crippen molar-refractivity contribution in [3.05, 3.63) is 72.6 Å². The van der Waals surface area contributed by atoms with E-state index in [-0.39, 0.29) is 26.2 Å². The highest BCUT2D eigenvalue weighted by Gasteiger charge is 2.38. The molecule has 0 bridgehead atoms. The van der Waals surface area contributed by atoms with Crippen molar-refractivity contribution in [2.24, 2.45) is 0 Å². The third kappa shape index (κ3) is 9.43. The highest BCUT2D eigenvalue weighted by atomic mass is 16.7. The minimum Gasteiger partial charge on any atom is -0.453 e. The van der Waals surface area contributed by atoms with Crippen molar-refractivity contribution >= 4 is 24.0 Å². The number of imidazole rings is 2. The molecule has 0 atom stereocenters. The second-order valence-electron chi connectivity index (χ2n) is 14.0. The van der Waals surface area contributed by atoms with E-state index >= 15 is 0 Å². The maximum atomic E-state index is 12.9. The number of carbonyl (C=O) groups excluding carboxylic acids is 4. The summed E-state index contributed by atoms with van der Waals surface area (Å²) in [6.07, 6.45) is 7.42. The Morgan fingerprint density at radius 3 is 1.30 bits per heavy atom. The minimum absolute atomic E-state index is 0.0810. The molecule has 2 saturated carbocycles. The van der Waals surface area contributed by atoms with Crippen molar-refractivity contribution in [1.82, 2.24) is 40.7 Å². The fraction of sp³-hybridized carbons (Fsp3) is 0.421. The SMILES string of the molecule is COC(=O)NCC(=O)N(Cc1ncc(-c2ccc(-c3ccc(-c4cnc(CN(OC5(C)CCC5)C(=O)CNC(=O)OC)[nH]4)cc3)cc2)[nH]1)OC1(C)CCC1. The second kappa shape index (κ2) is 16.5. The molecule has 0 aliphatic heterocycles. The van der Waals surface area contributed by atoms with Crippen LogP contribution in [0.4, 0.5) is 9.59 Å². The Kier molecular flexibility index (Phi) is 11.6. The molecule has 2 aliphatic carbocycles. The van der Waals surface area contributed by atoms with Crippen LogP contribution in [0.1, 0.15) is 64.0 Å². The number of nitrogens with one attached hydrogen (secondary N) is 4. The molecule has 0 radical (unpaired) electrons. The molecule has 286 valence electrons. The van der Waals surface area contributed by atoms with Gasteiger partial charge in [-0.2, -0.15) is 0 Å². The monoisotopic (exact) mass is 742 g/mol. The Morgan fingerprint density at radius 2 is 0.981 bits per heavy atom. The lowest BCUT2D eigenvalue weighted by Gasteiger charge is -2.41. The number of rotatable bonds is 15. The van der Waals surface area contributed by atoms with Gasteiger partial charge < -0.3 is 30.1 Å². The molecule has 6 rings (SSSR count). The van der Waals surface area contributed by atoms with Gasteiger partial charge in [0.1, 0.15) is 37.8 Å². The van der Waals surface area contributed by atoms with Gasteiger partial charge in [-0.15, -0.1) is 0 Å². The van der Waals surface area contributed by atoms with Crippen LogP contribution in [-0.4, -0.2) is 92.6 Å². The number of hydrogen-bond acceptors (Lipinski definition) is 10. The van der Waals surface area contributed by atoms with E-state index in [4.69, 9.17) is 9.68 Å². The summed E-state index contributed by atoms with van der Waals surface area (Å²) in [6, 6.07) is 16.1. The summed E-state index contributed by atoms with van der Waals surface area (Å²) in [5.74, 6) is 0.248. The Balaban J connectivity index is 1.07. The number of methoxy groups -OCH3 is 2. The van der Waals surface area contributed by atoms with E-state index in [1.54, 1.807) is 12.4 Å². The number of hydroxylamine groups is 4. The van der Waals surface area contributed by atoms with Gasteiger partial charge >= 0.3 is 12.2 Å². The second-order valence-corrected chi connectivity index (χ2v) is 14.0. The first-order chi connectivity index (χ1) is 25.9. The lowest BCUT2D eigenvalue weighted by Crippen LogP contribution is -2.48.